The molecule has 0 saturated carbocycles. The van der Waals surface area contributed by atoms with E-state index in [4.69, 9.17) is 16.3 Å². The number of fused-ring (bicyclic) bond motifs is 1. The minimum Gasteiger partial charge on any atom is -0.492 e. The maximum absolute atomic E-state index is 13.0. The van der Waals surface area contributed by atoms with Crippen LogP contribution in [0.25, 0.3) is 10.1 Å². The van der Waals surface area contributed by atoms with Crippen LogP contribution in [0.2, 0.25) is 5.02 Å². The van der Waals surface area contributed by atoms with Gasteiger partial charge in [-0.2, -0.15) is 0 Å². The molecule has 0 bridgehead atoms. The first-order chi connectivity index (χ1) is 13.9. The van der Waals surface area contributed by atoms with Gasteiger partial charge in [0.05, 0.1) is 39.3 Å². The molecule has 1 aromatic heterocycles. The van der Waals surface area contributed by atoms with Crippen LogP contribution in [0, 0.1) is 0 Å². The van der Waals surface area contributed by atoms with Gasteiger partial charge < -0.3 is 10.1 Å². The lowest BCUT2D eigenvalue weighted by molar-refractivity contribution is 0.103. The van der Waals surface area contributed by atoms with E-state index in [0.29, 0.717) is 15.6 Å². The van der Waals surface area contributed by atoms with Crippen molar-refractivity contribution >= 4 is 60.3 Å². The molecule has 2 N–H and O–H groups in total. The quantitative estimate of drug-likeness (QED) is 0.521. The molecular weight excluding hydrogens is 444 g/mol. The standard InChI is InChI=1S/C21H23ClN2O4S2/c1-21(2,3)13-10-15(18(28-4)16(11-13)24-30(5,26)27)23-20(25)17-9-12-7-6-8-14(22)19(12)29-17/h6-11,24H,1-5H3,(H,23,25). The summed E-state index contributed by atoms with van der Waals surface area (Å²) in [5.74, 6) is -0.0946. The molecule has 3 rings (SSSR count). The highest BCUT2D eigenvalue weighted by molar-refractivity contribution is 7.92. The number of rotatable bonds is 5. The number of benzene rings is 2. The Bertz CT molecular complexity index is 1230. The van der Waals surface area contributed by atoms with E-state index in [-0.39, 0.29) is 22.8 Å². The lowest BCUT2D eigenvalue weighted by atomic mass is 9.86. The van der Waals surface area contributed by atoms with Crippen molar-refractivity contribution in [2.45, 2.75) is 26.2 Å². The summed E-state index contributed by atoms with van der Waals surface area (Å²) in [5.41, 5.74) is 1.20. The first-order valence-electron chi connectivity index (χ1n) is 9.09. The first-order valence-corrected chi connectivity index (χ1v) is 12.2. The number of hydrogen-bond acceptors (Lipinski definition) is 5. The summed E-state index contributed by atoms with van der Waals surface area (Å²) in [6, 6.07) is 10.8. The number of halogens is 1. The average Bonchev–Trinajstić information content (AvgIpc) is 3.05. The van der Waals surface area contributed by atoms with E-state index in [0.717, 1.165) is 21.9 Å². The van der Waals surface area contributed by atoms with Gasteiger partial charge in [0.15, 0.2) is 5.75 Å². The fourth-order valence-electron chi connectivity index (χ4n) is 2.97. The number of nitrogens with one attached hydrogen (secondary N) is 2. The summed E-state index contributed by atoms with van der Waals surface area (Å²) < 4.78 is 32.5. The summed E-state index contributed by atoms with van der Waals surface area (Å²) in [5, 5.41) is 4.33. The van der Waals surface area contributed by atoms with Gasteiger partial charge in [-0.05, 0) is 40.6 Å². The number of anilines is 2. The third-order valence-electron chi connectivity index (χ3n) is 4.42. The Hall–Kier alpha value is -2.29. The molecular formula is C21H23ClN2O4S2. The highest BCUT2D eigenvalue weighted by Crippen LogP contribution is 2.40. The highest BCUT2D eigenvalue weighted by Gasteiger charge is 2.23. The van der Waals surface area contributed by atoms with Crippen LogP contribution in [0.5, 0.6) is 5.75 Å². The SMILES string of the molecule is COc1c(NC(=O)c2cc3cccc(Cl)c3s2)cc(C(C)(C)C)cc1NS(C)(=O)=O. The van der Waals surface area contributed by atoms with Gasteiger partial charge in [-0.15, -0.1) is 11.3 Å². The maximum atomic E-state index is 13.0. The minimum absolute atomic E-state index is 0.237. The van der Waals surface area contributed by atoms with E-state index in [1.807, 2.05) is 32.9 Å². The summed E-state index contributed by atoms with van der Waals surface area (Å²) in [6.07, 6.45) is 1.06. The van der Waals surface area contributed by atoms with E-state index in [2.05, 4.69) is 10.0 Å². The predicted molar refractivity (Wildman–Crippen MR) is 125 cm³/mol. The van der Waals surface area contributed by atoms with E-state index >= 15 is 0 Å². The van der Waals surface area contributed by atoms with Crippen molar-refractivity contribution < 1.29 is 17.9 Å². The molecule has 0 spiro atoms. The van der Waals surface area contributed by atoms with Crippen LogP contribution in [0.15, 0.2) is 36.4 Å². The van der Waals surface area contributed by atoms with Crippen molar-refractivity contribution in [1.82, 2.24) is 0 Å². The molecule has 0 saturated heterocycles. The molecule has 160 valence electrons. The first kappa shape index (κ1) is 22.4. The number of amides is 1. The number of carbonyl (C=O) groups is 1. The lowest BCUT2D eigenvalue weighted by Gasteiger charge is -2.23. The molecule has 0 aliphatic heterocycles. The fourth-order valence-corrected chi connectivity index (χ4v) is 4.78. The summed E-state index contributed by atoms with van der Waals surface area (Å²) in [6.45, 7) is 6.00. The summed E-state index contributed by atoms with van der Waals surface area (Å²) in [7, 11) is -2.12. The number of carbonyl (C=O) groups excluding carboxylic acids is 1. The second-order valence-corrected chi connectivity index (χ2v) is 11.2. The molecule has 1 amide bonds. The number of thiophene rings is 1. The van der Waals surface area contributed by atoms with Gasteiger partial charge >= 0.3 is 0 Å². The zero-order chi connectivity index (χ0) is 22.3. The van der Waals surface area contributed by atoms with Gasteiger partial charge in [-0.3, -0.25) is 9.52 Å². The Balaban J connectivity index is 2.07. The zero-order valence-corrected chi connectivity index (χ0v) is 19.7. The van der Waals surface area contributed by atoms with Crippen LogP contribution in [-0.4, -0.2) is 27.7 Å². The Kier molecular flexibility index (Phi) is 6.04. The molecule has 0 aliphatic rings. The second kappa shape index (κ2) is 8.09. The van der Waals surface area contributed by atoms with Gasteiger partial charge in [0.25, 0.3) is 5.91 Å². The molecule has 1 heterocycles. The molecule has 3 aromatic rings. The molecule has 9 heteroatoms. The van der Waals surface area contributed by atoms with Crippen molar-refractivity contribution in [2.75, 3.05) is 23.4 Å². The van der Waals surface area contributed by atoms with E-state index < -0.39 is 10.0 Å². The molecule has 0 fully saturated rings. The van der Waals surface area contributed by atoms with Crippen molar-refractivity contribution in [3.05, 3.63) is 51.9 Å². The summed E-state index contributed by atoms with van der Waals surface area (Å²) >= 11 is 7.52. The number of ether oxygens (including phenoxy) is 1. The highest BCUT2D eigenvalue weighted by atomic mass is 35.5. The molecule has 0 unspecified atom stereocenters. The molecule has 30 heavy (non-hydrogen) atoms. The van der Waals surface area contributed by atoms with E-state index in [1.165, 1.54) is 18.4 Å². The Labute approximate surface area is 185 Å². The van der Waals surface area contributed by atoms with Crippen molar-refractivity contribution in [3.63, 3.8) is 0 Å². The van der Waals surface area contributed by atoms with Crippen LogP contribution in [-0.2, 0) is 15.4 Å². The molecule has 0 aliphatic carbocycles. The van der Waals surface area contributed by atoms with Crippen molar-refractivity contribution in [2.24, 2.45) is 0 Å². The van der Waals surface area contributed by atoms with Gasteiger partial charge in [0.1, 0.15) is 0 Å². The van der Waals surface area contributed by atoms with Gasteiger partial charge in [-0.25, -0.2) is 8.42 Å². The normalized spacial score (nSPS) is 12.1. The number of methoxy groups -OCH3 is 1. The summed E-state index contributed by atoms with van der Waals surface area (Å²) in [4.78, 5) is 13.5. The minimum atomic E-state index is -3.55. The lowest BCUT2D eigenvalue weighted by Crippen LogP contribution is -2.18. The van der Waals surface area contributed by atoms with E-state index in [9.17, 15) is 13.2 Å². The smallest absolute Gasteiger partial charge is 0.265 e. The van der Waals surface area contributed by atoms with Crippen LogP contribution in [0.4, 0.5) is 11.4 Å². The molecule has 2 aromatic carbocycles. The Morgan fingerprint density at radius 2 is 1.80 bits per heavy atom. The molecule has 0 radical (unpaired) electrons. The fraction of sp³-hybridized carbons (Fsp3) is 0.286. The monoisotopic (exact) mass is 466 g/mol. The second-order valence-electron chi connectivity index (χ2n) is 7.95. The average molecular weight is 467 g/mol. The van der Waals surface area contributed by atoms with Crippen LogP contribution in [0.3, 0.4) is 0 Å². The van der Waals surface area contributed by atoms with Crippen LogP contribution >= 0.6 is 22.9 Å². The van der Waals surface area contributed by atoms with Gasteiger partial charge in [-0.1, -0.05) is 44.5 Å². The van der Waals surface area contributed by atoms with Gasteiger partial charge in [0, 0.05) is 0 Å². The molecule has 0 atom stereocenters. The largest absolute Gasteiger partial charge is 0.492 e. The van der Waals surface area contributed by atoms with E-state index in [1.54, 1.807) is 24.3 Å². The van der Waals surface area contributed by atoms with Gasteiger partial charge in [0.2, 0.25) is 10.0 Å². The number of hydrogen-bond donors (Lipinski definition) is 2. The predicted octanol–water partition coefficient (Wildman–Crippen LogP) is 5.48. The van der Waals surface area contributed by atoms with Crippen LogP contribution in [0.1, 0.15) is 36.0 Å². The zero-order valence-electron chi connectivity index (χ0n) is 17.3. The maximum Gasteiger partial charge on any atom is 0.265 e. The Morgan fingerprint density at radius 3 is 2.37 bits per heavy atom. The number of sulfonamides is 1. The topological polar surface area (TPSA) is 84.5 Å². The Morgan fingerprint density at radius 1 is 1.13 bits per heavy atom. The third kappa shape index (κ3) is 4.88. The van der Waals surface area contributed by atoms with Crippen molar-refractivity contribution in [3.8, 4) is 5.75 Å². The third-order valence-corrected chi connectivity index (χ3v) is 6.62. The van der Waals surface area contributed by atoms with Crippen molar-refractivity contribution in [1.29, 1.82) is 0 Å². The van der Waals surface area contributed by atoms with Crippen LogP contribution < -0.4 is 14.8 Å². The molecule has 6 nitrogen and oxygen atoms in total.